The van der Waals surface area contributed by atoms with E-state index in [1.54, 1.807) is 6.92 Å². The van der Waals surface area contributed by atoms with Crippen LogP contribution in [-0.4, -0.2) is 28.5 Å². The molecule has 0 fully saturated rings. The first kappa shape index (κ1) is 11.6. The van der Waals surface area contributed by atoms with E-state index in [0.29, 0.717) is 24.7 Å². The lowest BCUT2D eigenvalue weighted by atomic mass is 10.2. The van der Waals surface area contributed by atoms with Gasteiger partial charge in [0.2, 0.25) is 11.7 Å². The molecule has 2 rings (SSSR count). The molecule has 0 aliphatic carbocycles. The van der Waals surface area contributed by atoms with Gasteiger partial charge in [0.1, 0.15) is 5.75 Å². The summed E-state index contributed by atoms with van der Waals surface area (Å²) >= 11 is 0. The molecule has 1 aromatic heterocycles. The van der Waals surface area contributed by atoms with Crippen LogP contribution in [0, 0.1) is 6.92 Å². The predicted octanol–water partition coefficient (Wildman–Crippen LogP) is 1.81. The Labute approximate surface area is 99.0 Å². The minimum absolute atomic E-state index is 0.129. The van der Waals surface area contributed by atoms with Gasteiger partial charge in [-0.15, -0.1) is 0 Å². The Morgan fingerprint density at radius 3 is 3.00 bits per heavy atom. The van der Waals surface area contributed by atoms with Crippen molar-refractivity contribution in [2.75, 3.05) is 13.2 Å². The Balaban J connectivity index is 2.11. The third-order valence-corrected chi connectivity index (χ3v) is 2.19. The molecule has 0 saturated carbocycles. The van der Waals surface area contributed by atoms with Crippen molar-refractivity contribution < 1.29 is 14.4 Å². The van der Waals surface area contributed by atoms with Crippen molar-refractivity contribution in [1.29, 1.82) is 0 Å². The molecule has 0 amide bonds. The summed E-state index contributed by atoms with van der Waals surface area (Å²) in [6.45, 7) is 2.37. The standard InChI is InChI=1S/C12H14N2O3/c1-9-13-12(14-17-9)10-4-2-5-11(8-10)16-7-3-6-15/h2,4-5,8,15H,3,6-7H2,1H3. The third kappa shape index (κ3) is 3.04. The number of aromatic nitrogens is 2. The summed E-state index contributed by atoms with van der Waals surface area (Å²) in [5, 5.41) is 12.5. The Morgan fingerprint density at radius 2 is 2.29 bits per heavy atom. The van der Waals surface area contributed by atoms with Crippen LogP contribution in [0.1, 0.15) is 12.3 Å². The van der Waals surface area contributed by atoms with Crippen LogP contribution in [0.4, 0.5) is 0 Å². The molecule has 0 aliphatic heterocycles. The Kier molecular flexibility index (Phi) is 3.72. The average molecular weight is 234 g/mol. The van der Waals surface area contributed by atoms with Gasteiger partial charge in [0.15, 0.2) is 0 Å². The fourth-order valence-electron chi connectivity index (χ4n) is 1.40. The van der Waals surface area contributed by atoms with E-state index in [9.17, 15) is 0 Å². The summed E-state index contributed by atoms with van der Waals surface area (Å²) in [6.07, 6.45) is 0.617. The SMILES string of the molecule is Cc1nc(-c2cccc(OCCCO)c2)no1. The lowest BCUT2D eigenvalue weighted by Gasteiger charge is -2.05. The second-order valence-electron chi connectivity index (χ2n) is 3.59. The van der Waals surface area contributed by atoms with Gasteiger partial charge in [-0.1, -0.05) is 17.3 Å². The molecule has 1 aromatic carbocycles. The summed E-state index contributed by atoms with van der Waals surface area (Å²) in [6, 6.07) is 7.47. The zero-order valence-electron chi connectivity index (χ0n) is 9.59. The van der Waals surface area contributed by atoms with Crippen molar-refractivity contribution in [3.05, 3.63) is 30.2 Å². The largest absolute Gasteiger partial charge is 0.493 e. The average Bonchev–Trinajstić information content (AvgIpc) is 2.77. The van der Waals surface area contributed by atoms with Gasteiger partial charge in [-0.25, -0.2) is 0 Å². The van der Waals surface area contributed by atoms with Gasteiger partial charge >= 0.3 is 0 Å². The molecule has 2 aromatic rings. The van der Waals surface area contributed by atoms with Crippen molar-refractivity contribution in [2.24, 2.45) is 0 Å². The maximum Gasteiger partial charge on any atom is 0.223 e. The highest BCUT2D eigenvalue weighted by Gasteiger charge is 2.06. The Morgan fingerprint density at radius 1 is 1.41 bits per heavy atom. The normalized spacial score (nSPS) is 10.5. The van der Waals surface area contributed by atoms with Gasteiger partial charge in [-0.3, -0.25) is 0 Å². The second kappa shape index (κ2) is 5.45. The fourth-order valence-corrected chi connectivity index (χ4v) is 1.40. The van der Waals surface area contributed by atoms with Crippen LogP contribution in [-0.2, 0) is 0 Å². The molecule has 1 N–H and O–H groups in total. The van der Waals surface area contributed by atoms with Crippen LogP contribution < -0.4 is 4.74 Å². The monoisotopic (exact) mass is 234 g/mol. The summed E-state index contributed by atoms with van der Waals surface area (Å²) in [5.74, 6) is 1.82. The maximum atomic E-state index is 8.67. The van der Waals surface area contributed by atoms with Crippen LogP contribution in [0.3, 0.4) is 0 Å². The smallest absolute Gasteiger partial charge is 0.223 e. The van der Waals surface area contributed by atoms with Gasteiger partial charge < -0.3 is 14.4 Å². The molecule has 0 saturated heterocycles. The van der Waals surface area contributed by atoms with E-state index in [0.717, 1.165) is 11.3 Å². The van der Waals surface area contributed by atoms with Crippen molar-refractivity contribution in [3.63, 3.8) is 0 Å². The van der Waals surface area contributed by atoms with Gasteiger partial charge in [0, 0.05) is 25.5 Å². The molecule has 0 bridgehead atoms. The molecule has 1 heterocycles. The summed E-state index contributed by atoms with van der Waals surface area (Å²) < 4.78 is 10.4. The number of nitrogens with zero attached hydrogens (tertiary/aromatic N) is 2. The van der Waals surface area contributed by atoms with E-state index in [1.165, 1.54) is 0 Å². The molecule has 0 atom stereocenters. The van der Waals surface area contributed by atoms with E-state index >= 15 is 0 Å². The number of ether oxygens (including phenoxy) is 1. The minimum atomic E-state index is 0.129. The Hall–Kier alpha value is -1.88. The van der Waals surface area contributed by atoms with Crippen molar-refractivity contribution in [1.82, 2.24) is 10.1 Å². The summed E-state index contributed by atoms with van der Waals surface area (Å²) in [5.41, 5.74) is 0.850. The van der Waals surface area contributed by atoms with Crippen LogP contribution >= 0.6 is 0 Å². The number of aliphatic hydroxyl groups is 1. The molecular formula is C12H14N2O3. The van der Waals surface area contributed by atoms with Gasteiger partial charge in [0.25, 0.3) is 0 Å². The van der Waals surface area contributed by atoms with E-state index in [1.807, 2.05) is 24.3 Å². The van der Waals surface area contributed by atoms with Crippen LogP contribution in [0.15, 0.2) is 28.8 Å². The number of aryl methyl sites for hydroxylation is 1. The molecule has 5 nitrogen and oxygen atoms in total. The highest BCUT2D eigenvalue weighted by molar-refractivity contribution is 5.56. The Bertz CT molecular complexity index is 482. The van der Waals surface area contributed by atoms with Gasteiger partial charge in [-0.2, -0.15) is 4.98 Å². The molecule has 17 heavy (non-hydrogen) atoms. The number of aliphatic hydroxyl groups excluding tert-OH is 1. The molecule has 0 unspecified atom stereocenters. The van der Waals surface area contributed by atoms with Crippen LogP contribution in [0.5, 0.6) is 5.75 Å². The second-order valence-corrected chi connectivity index (χ2v) is 3.59. The molecule has 0 radical (unpaired) electrons. The van der Waals surface area contributed by atoms with E-state index in [4.69, 9.17) is 14.4 Å². The van der Waals surface area contributed by atoms with Crippen LogP contribution in [0.25, 0.3) is 11.4 Å². The third-order valence-electron chi connectivity index (χ3n) is 2.19. The van der Waals surface area contributed by atoms with Gasteiger partial charge in [-0.05, 0) is 12.1 Å². The quantitative estimate of drug-likeness (QED) is 0.799. The summed E-state index contributed by atoms with van der Waals surface area (Å²) in [4.78, 5) is 4.15. The first-order chi connectivity index (χ1) is 8.29. The molecule has 0 aliphatic rings. The van der Waals surface area contributed by atoms with E-state index in [-0.39, 0.29) is 6.61 Å². The number of rotatable bonds is 5. The topological polar surface area (TPSA) is 68.4 Å². The van der Waals surface area contributed by atoms with Crippen molar-refractivity contribution in [3.8, 4) is 17.1 Å². The summed E-state index contributed by atoms with van der Waals surface area (Å²) in [7, 11) is 0. The van der Waals surface area contributed by atoms with Gasteiger partial charge in [0.05, 0.1) is 6.61 Å². The highest BCUT2D eigenvalue weighted by atomic mass is 16.5. The molecular weight excluding hydrogens is 220 g/mol. The lowest BCUT2D eigenvalue weighted by molar-refractivity contribution is 0.233. The van der Waals surface area contributed by atoms with E-state index < -0.39 is 0 Å². The van der Waals surface area contributed by atoms with E-state index in [2.05, 4.69) is 10.1 Å². The van der Waals surface area contributed by atoms with Crippen molar-refractivity contribution in [2.45, 2.75) is 13.3 Å². The number of hydrogen-bond donors (Lipinski definition) is 1. The number of hydrogen-bond acceptors (Lipinski definition) is 5. The molecule has 5 heteroatoms. The molecule has 90 valence electrons. The maximum absolute atomic E-state index is 8.67. The van der Waals surface area contributed by atoms with Crippen LogP contribution in [0.2, 0.25) is 0 Å². The lowest BCUT2D eigenvalue weighted by Crippen LogP contribution is -1.99. The zero-order valence-corrected chi connectivity index (χ0v) is 9.59. The fraction of sp³-hybridized carbons (Fsp3) is 0.333. The highest BCUT2D eigenvalue weighted by Crippen LogP contribution is 2.21. The minimum Gasteiger partial charge on any atom is -0.493 e. The number of benzene rings is 1. The zero-order chi connectivity index (χ0) is 12.1. The first-order valence-electron chi connectivity index (χ1n) is 5.44. The first-order valence-corrected chi connectivity index (χ1v) is 5.44. The van der Waals surface area contributed by atoms with Crippen molar-refractivity contribution >= 4 is 0 Å². The predicted molar refractivity (Wildman–Crippen MR) is 61.7 cm³/mol. The molecule has 0 spiro atoms.